The minimum atomic E-state index is -0.924. The molecule has 4 heteroatoms. The Labute approximate surface area is 111 Å². The fraction of sp³-hybridized carbons (Fsp3) is 0.462. The molecule has 1 aromatic rings. The maximum absolute atomic E-state index is 11.9. The number of hydrogen-bond donors (Lipinski definition) is 0. The molecule has 0 bridgehead atoms. The molecule has 0 aliphatic heterocycles. The lowest BCUT2D eigenvalue weighted by atomic mass is 10.2. The van der Waals surface area contributed by atoms with Crippen molar-refractivity contribution >= 4 is 28.0 Å². The third-order valence-corrected chi connectivity index (χ3v) is 4.05. The van der Waals surface area contributed by atoms with Gasteiger partial charge >= 0.3 is 0 Å². The van der Waals surface area contributed by atoms with Gasteiger partial charge in [-0.1, -0.05) is 25.5 Å². The molecule has 94 valence electrons. The van der Waals surface area contributed by atoms with Gasteiger partial charge in [-0.15, -0.1) is 0 Å². The lowest BCUT2D eigenvalue weighted by Crippen LogP contribution is -2.07. The first-order chi connectivity index (χ1) is 8.13. The molecule has 0 radical (unpaired) electrons. The number of rotatable bonds is 7. The lowest BCUT2D eigenvalue weighted by Gasteiger charge is -2.10. The summed E-state index contributed by atoms with van der Waals surface area (Å²) >= 11 is 4.38. The number of hydrogen-bond acceptors (Lipinski definition) is 2. The normalized spacial score (nSPS) is 12.4. The van der Waals surface area contributed by atoms with E-state index in [0.717, 1.165) is 29.7 Å². The Morgan fingerprint density at radius 3 is 2.47 bits per heavy atom. The molecule has 0 saturated heterocycles. The van der Waals surface area contributed by atoms with Gasteiger partial charge in [0.25, 0.3) is 0 Å². The van der Waals surface area contributed by atoms with E-state index in [-0.39, 0.29) is 11.7 Å². The van der Waals surface area contributed by atoms with Crippen molar-refractivity contribution < 1.29 is 9.35 Å². The van der Waals surface area contributed by atoms with Crippen molar-refractivity contribution in [3.8, 4) is 0 Å². The largest absolute Gasteiger partial charge is 0.611 e. The molecule has 1 unspecified atom stereocenters. The van der Waals surface area contributed by atoms with Crippen LogP contribution in [0, 0.1) is 0 Å². The molecule has 0 spiro atoms. The molecular weight excluding hydrogens is 256 g/mol. The van der Waals surface area contributed by atoms with E-state index < -0.39 is 11.2 Å². The van der Waals surface area contributed by atoms with Crippen LogP contribution in [0.15, 0.2) is 29.2 Å². The Hall–Kier alpha value is -0.510. The van der Waals surface area contributed by atoms with Crippen LogP contribution < -0.4 is 0 Å². The van der Waals surface area contributed by atoms with Crippen LogP contribution >= 0.6 is 11.6 Å². The van der Waals surface area contributed by atoms with Crippen molar-refractivity contribution in [1.82, 2.24) is 0 Å². The average Bonchev–Trinajstić information content (AvgIpc) is 2.29. The van der Waals surface area contributed by atoms with Gasteiger partial charge in [-0.3, -0.25) is 4.79 Å². The van der Waals surface area contributed by atoms with Crippen LogP contribution in [0.1, 0.15) is 31.7 Å². The molecule has 0 heterocycles. The molecule has 0 aromatic heterocycles. The second-order valence-corrected chi connectivity index (χ2v) is 5.92. The van der Waals surface area contributed by atoms with E-state index in [0.29, 0.717) is 5.75 Å². The molecule has 1 aromatic carbocycles. The number of carbonyl (C=O) groups is 1. The summed E-state index contributed by atoms with van der Waals surface area (Å²) in [4.78, 5) is 11.5. The predicted molar refractivity (Wildman–Crippen MR) is 71.8 cm³/mol. The van der Waals surface area contributed by atoms with E-state index in [9.17, 15) is 9.35 Å². The van der Waals surface area contributed by atoms with Crippen LogP contribution in [-0.2, 0) is 22.4 Å². The molecular formula is C13H17ClO2S. The first-order valence-corrected chi connectivity index (χ1v) is 7.49. The molecule has 2 nitrogen and oxygen atoms in total. The van der Waals surface area contributed by atoms with E-state index >= 15 is 0 Å². The van der Waals surface area contributed by atoms with Gasteiger partial charge in [-0.25, -0.2) is 0 Å². The Morgan fingerprint density at radius 1 is 1.29 bits per heavy atom. The van der Waals surface area contributed by atoms with Crippen molar-refractivity contribution in [3.63, 3.8) is 0 Å². The number of benzene rings is 1. The van der Waals surface area contributed by atoms with Gasteiger partial charge in [-0.05, 0) is 53.3 Å². The summed E-state index contributed by atoms with van der Waals surface area (Å²) in [6.07, 6.45) is 3.47. The predicted octanol–water partition coefficient (Wildman–Crippen LogP) is 3.29. The van der Waals surface area contributed by atoms with Gasteiger partial charge in [0.15, 0.2) is 4.90 Å². The Kier molecular flexibility index (Phi) is 6.63. The molecule has 0 amide bonds. The Bertz CT molecular complexity index is 351. The molecule has 0 aliphatic rings. The van der Waals surface area contributed by atoms with Crippen molar-refractivity contribution in [2.45, 2.75) is 37.5 Å². The maximum Gasteiger partial charge on any atom is 0.226 e. The summed E-state index contributed by atoms with van der Waals surface area (Å²) in [7, 11) is 0. The first-order valence-electron chi connectivity index (χ1n) is 5.79. The van der Waals surface area contributed by atoms with E-state index in [2.05, 4.69) is 6.92 Å². The molecule has 1 atom stereocenters. The zero-order valence-electron chi connectivity index (χ0n) is 9.95. The quantitative estimate of drug-likeness (QED) is 0.434. The van der Waals surface area contributed by atoms with E-state index in [1.165, 1.54) is 0 Å². The Morgan fingerprint density at radius 2 is 1.94 bits per heavy atom. The molecule has 0 aliphatic carbocycles. The van der Waals surface area contributed by atoms with Gasteiger partial charge in [0.2, 0.25) is 5.24 Å². The summed E-state index contributed by atoms with van der Waals surface area (Å²) in [5.41, 5.74) is 0.860. The Balaban J connectivity index is 2.51. The van der Waals surface area contributed by atoms with Crippen molar-refractivity contribution in [2.24, 2.45) is 0 Å². The summed E-state index contributed by atoms with van der Waals surface area (Å²) in [6.45, 7) is 2.13. The summed E-state index contributed by atoms with van der Waals surface area (Å²) in [5.74, 6) is 0.710. The first kappa shape index (κ1) is 14.6. The van der Waals surface area contributed by atoms with Gasteiger partial charge in [-0.2, -0.15) is 0 Å². The summed E-state index contributed by atoms with van der Waals surface area (Å²) in [5, 5.41) is -0.373. The van der Waals surface area contributed by atoms with Crippen molar-refractivity contribution in [2.75, 3.05) is 5.75 Å². The highest BCUT2D eigenvalue weighted by Crippen LogP contribution is 2.15. The summed E-state index contributed by atoms with van der Waals surface area (Å²) in [6, 6.07) is 7.26. The zero-order chi connectivity index (χ0) is 12.7. The monoisotopic (exact) mass is 272 g/mol. The highest BCUT2D eigenvalue weighted by Gasteiger charge is 2.10. The zero-order valence-corrected chi connectivity index (χ0v) is 11.5. The number of unbranched alkanes of at least 4 members (excludes halogenated alkanes) is 2. The smallest absolute Gasteiger partial charge is 0.226 e. The molecule has 17 heavy (non-hydrogen) atoms. The van der Waals surface area contributed by atoms with Gasteiger partial charge in [0, 0.05) is 6.42 Å². The van der Waals surface area contributed by atoms with E-state index in [1.807, 2.05) is 24.3 Å². The van der Waals surface area contributed by atoms with Gasteiger partial charge in [0.1, 0.15) is 5.75 Å². The highest BCUT2D eigenvalue weighted by molar-refractivity contribution is 7.91. The van der Waals surface area contributed by atoms with Crippen LogP contribution in [-0.4, -0.2) is 15.5 Å². The average molecular weight is 273 g/mol. The van der Waals surface area contributed by atoms with Crippen LogP contribution in [0.4, 0.5) is 0 Å². The van der Waals surface area contributed by atoms with Crippen molar-refractivity contribution in [1.29, 1.82) is 0 Å². The maximum atomic E-state index is 11.9. The van der Waals surface area contributed by atoms with Crippen LogP contribution in [0.5, 0.6) is 0 Å². The fourth-order valence-electron chi connectivity index (χ4n) is 1.52. The van der Waals surface area contributed by atoms with Gasteiger partial charge in [0.05, 0.1) is 0 Å². The molecule has 0 saturated carbocycles. The van der Waals surface area contributed by atoms with Crippen LogP contribution in [0.25, 0.3) is 0 Å². The second-order valence-electron chi connectivity index (χ2n) is 3.93. The highest BCUT2D eigenvalue weighted by atomic mass is 35.5. The molecule has 1 rings (SSSR count). The van der Waals surface area contributed by atoms with Crippen LogP contribution in [0.3, 0.4) is 0 Å². The lowest BCUT2D eigenvalue weighted by molar-refractivity contribution is -0.111. The topological polar surface area (TPSA) is 40.1 Å². The minimum Gasteiger partial charge on any atom is -0.611 e. The third-order valence-electron chi connectivity index (χ3n) is 2.46. The minimum absolute atomic E-state index is 0.226. The fourth-order valence-corrected chi connectivity index (χ4v) is 2.82. The van der Waals surface area contributed by atoms with E-state index in [4.69, 9.17) is 11.6 Å². The second kappa shape index (κ2) is 7.75. The number of carbonyl (C=O) groups excluding carboxylic acids is 1. The number of halogens is 1. The van der Waals surface area contributed by atoms with Gasteiger partial charge < -0.3 is 4.55 Å². The molecule has 0 N–H and O–H groups in total. The SMILES string of the molecule is CCCCC[S+]([O-])c1ccc(CC(=O)Cl)cc1. The molecule has 0 fully saturated rings. The third kappa shape index (κ3) is 5.57. The summed E-state index contributed by atoms with van der Waals surface area (Å²) < 4.78 is 11.9. The van der Waals surface area contributed by atoms with Crippen molar-refractivity contribution in [3.05, 3.63) is 29.8 Å². The van der Waals surface area contributed by atoms with Crippen LogP contribution in [0.2, 0.25) is 0 Å². The van der Waals surface area contributed by atoms with E-state index in [1.54, 1.807) is 0 Å². The standard InChI is InChI=1S/C13H17ClO2S/c1-2-3-4-9-17(16)12-7-5-11(6-8-12)10-13(14)15/h5-8H,2-4,9-10H2,1H3.